The Morgan fingerprint density at radius 2 is 1.29 bits per heavy atom. The van der Waals surface area contributed by atoms with Crippen LogP contribution in [0.25, 0.3) is 0 Å². The van der Waals surface area contributed by atoms with Crippen molar-refractivity contribution in [1.82, 2.24) is 4.98 Å². The average molecular weight is 322 g/mol. The molecule has 4 rings (SSSR count). The highest BCUT2D eigenvalue weighted by Crippen LogP contribution is 2.62. The van der Waals surface area contributed by atoms with Gasteiger partial charge in [-0.25, -0.2) is 0 Å². The molecule has 4 fully saturated rings. The summed E-state index contributed by atoms with van der Waals surface area (Å²) in [6.07, 6.45) is 9.12. The topological polar surface area (TPSA) is 12.0 Å². The van der Waals surface area contributed by atoms with Crippen LogP contribution in [0, 0.1) is 23.2 Å². The van der Waals surface area contributed by atoms with Crippen LogP contribution in [-0.4, -0.2) is 16.3 Å². The number of hydrogen-bond donors (Lipinski definition) is 1. The molecule has 120 valence electrons. The minimum absolute atomic E-state index is 0.551. The molecule has 4 bridgehead atoms. The molecule has 0 amide bonds. The number of hydrogen-bond acceptors (Lipinski definition) is 1. The Kier molecular flexibility index (Phi) is 3.76. The third kappa shape index (κ3) is 3.49. The number of allylic oxidation sites excluding steroid dienone is 1. The van der Waals surface area contributed by atoms with E-state index in [-0.39, 0.29) is 0 Å². The van der Waals surface area contributed by atoms with Crippen LogP contribution in [0.5, 0.6) is 0 Å². The standard InChI is InChI=1S/C18H35NSi2/c1-20(2,3)13-17(19-21(4,5)6)18-10-14-7-15(11-18)9-16(8-14)12-18/h13-16,19H,7-12H2,1-6H3/b17-13+. The first-order valence-electron chi connectivity index (χ1n) is 9.06. The van der Waals surface area contributed by atoms with Gasteiger partial charge in [-0.2, -0.15) is 0 Å². The van der Waals surface area contributed by atoms with E-state index in [4.69, 9.17) is 0 Å². The average Bonchev–Trinajstić information content (AvgIpc) is 2.21. The van der Waals surface area contributed by atoms with E-state index in [1.165, 1.54) is 19.3 Å². The second kappa shape index (κ2) is 4.99. The molecule has 0 atom stereocenters. The maximum atomic E-state index is 4.10. The summed E-state index contributed by atoms with van der Waals surface area (Å²) < 4.78 is 0. The van der Waals surface area contributed by atoms with Crippen molar-refractivity contribution in [3.8, 4) is 0 Å². The predicted octanol–water partition coefficient (Wildman–Crippen LogP) is 5.39. The Bertz CT molecular complexity index is 404. The van der Waals surface area contributed by atoms with Crippen molar-refractivity contribution >= 4 is 16.3 Å². The Labute approximate surface area is 134 Å². The Morgan fingerprint density at radius 1 is 0.857 bits per heavy atom. The second-order valence-corrected chi connectivity index (χ2v) is 20.3. The summed E-state index contributed by atoms with van der Waals surface area (Å²) in [6.45, 7) is 14.9. The van der Waals surface area contributed by atoms with E-state index in [1.54, 1.807) is 25.0 Å². The number of nitrogens with one attached hydrogen (secondary N) is 1. The van der Waals surface area contributed by atoms with Crippen LogP contribution in [0.1, 0.15) is 38.5 Å². The smallest absolute Gasteiger partial charge is 0.143 e. The van der Waals surface area contributed by atoms with Gasteiger partial charge in [0.1, 0.15) is 8.24 Å². The fraction of sp³-hybridized carbons (Fsp3) is 0.889. The molecule has 0 aromatic carbocycles. The molecule has 4 aliphatic carbocycles. The summed E-state index contributed by atoms with van der Waals surface area (Å²) in [7, 11) is -2.44. The highest BCUT2D eigenvalue weighted by atomic mass is 28.3. The molecule has 1 nitrogen and oxygen atoms in total. The summed E-state index contributed by atoms with van der Waals surface area (Å²) >= 11 is 0. The molecule has 4 saturated carbocycles. The Balaban J connectivity index is 1.94. The zero-order valence-electron chi connectivity index (χ0n) is 15.1. The van der Waals surface area contributed by atoms with Crippen molar-refractivity contribution in [2.45, 2.75) is 77.8 Å². The summed E-state index contributed by atoms with van der Waals surface area (Å²) in [4.78, 5) is 4.10. The first-order chi connectivity index (χ1) is 9.55. The Morgan fingerprint density at radius 3 is 1.62 bits per heavy atom. The molecule has 0 aliphatic heterocycles. The van der Waals surface area contributed by atoms with Crippen LogP contribution >= 0.6 is 0 Å². The molecule has 0 unspecified atom stereocenters. The van der Waals surface area contributed by atoms with Gasteiger partial charge < -0.3 is 4.98 Å². The molecule has 1 N–H and O–H groups in total. The second-order valence-electron chi connectivity index (χ2n) is 10.5. The zero-order valence-corrected chi connectivity index (χ0v) is 17.1. The van der Waals surface area contributed by atoms with Crippen LogP contribution in [0.2, 0.25) is 39.3 Å². The zero-order chi connectivity index (χ0) is 15.5. The maximum absolute atomic E-state index is 4.10. The third-order valence-electron chi connectivity index (χ3n) is 5.70. The molecular formula is C18H35NSi2. The van der Waals surface area contributed by atoms with Crippen molar-refractivity contribution in [3.63, 3.8) is 0 Å². The summed E-state index contributed by atoms with van der Waals surface area (Å²) in [5.74, 6) is 3.14. The molecule has 0 saturated heterocycles. The third-order valence-corrected chi connectivity index (χ3v) is 7.87. The molecule has 21 heavy (non-hydrogen) atoms. The highest BCUT2D eigenvalue weighted by molar-refractivity contribution is 6.81. The molecule has 3 heteroatoms. The van der Waals surface area contributed by atoms with Crippen molar-refractivity contribution < 1.29 is 0 Å². The van der Waals surface area contributed by atoms with Crippen molar-refractivity contribution in [3.05, 3.63) is 11.4 Å². The first-order valence-corrected chi connectivity index (χ1v) is 16.1. The summed E-state index contributed by atoms with van der Waals surface area (Å²) in [5.41, 5.74) is 4.99. The minimum atomic E-state index is -1.27. The SMILES string of the molecule is C[Si](C)(C)/C=C(/N[Si](C)(C)C)C12CC3CC(CC(C3)C1)C2. The van der Waals surface area contributed by atoms with Crippen LogP contribution in [-0.2, 0) is 0 Å². The highest BCUT2D eigenvalue weighted by Gasteiger charge is 2.53. The summed E-state index contributed by atoms with van der Waals surface area (Å²) in [6, 6.07) is 0. The predicted molar refractivity (Wildman–Crippen MR) is 98.5 cm³/mol. The van der Waals surface area contributed by atoms with E-state index in [0.717, 1.165) is 17.8 Å². The van der Waals surface area contributed by atoms with Crippen LogP contribution in [0.3, 0.4) is 0 Å². The molecule has 4 aliphatic rings. The lowest BCUT2D eigenvalue weighted by Crippen LogP contribution is -2.53. The van der Waals surface area contributed by atoms with Gasteiger partial charge in [0.25, 0.3) is 0 Å². The van der Waals surface area contributed by atoms with Gasteiger partial charge in [0.15, 0.2) is 0 Å². The molecule has 0 aromatic heterocycles. The quantitative estimate of drug-likeness (QED) is 0.685. The van der Waals surface area contributed by atoms with Crippen molar-refractivity contribution in [2.24, 2.45) is 23.2 Å². The Hall–Kier alpha value is -0.0262. The first kappa shape index (κ1) is 15.9. The van der Waals surface area contributed by atoms with E-state index in [0.29, 0.717) is 5.41 Å². The van der Waals surface area contributed by atoms with E-state index in [9.17, 15) is 0 Å². The normalized spacial score (nSPS) is 39.7. The van der Waals surface area contributed by atoms with E-state index >= 15 is 0 Å². The fourth-order valence-corrected chi connectivity index (χ4v) is 8.13. The van der Waals surface area contributed by atoms with Crippen molar-refractivity contribution in [1.29, 1.82) is 0 Å². The van der Waals surface area contributed by atoms with Gasteiger partial charge in [-0.15, -0.1) is 0 Å². The summed E-state index contributed by atoms with van der Waals surface area (Å²) in [5, 5.41) is 0. The fourth-order valence-electron chi connectivity index (χ4n) is 5.60. The van der Waals surface area contributed by atoms with Crippen molar-refractivity contribution in [2.75, 3.05) is 0 Å². The lowest BCUT2D eigenvalue weighted by atomic mass is 9.49. The molecule has 0 spiro atoms. The molecular weight excluding hydrogens is 286 g/mol. The van der Waals surface area contributed by atoms with Gasteiger partial charge in [0, 0.05) is 11.1 Å². The van der Waals surface area contributed by atoms with E-state index in [1.807, 2.05) is 0 Å². The van der Waals surface area contributed by atoms with Gasteiger partial charge in [0.2, 0.25) is 0 Å². The largest absolute Gasteiger partial charge is 0.414 e. The molecule has 0 heterocycles. The molecule has 0 radical (unpaired) electrons. The van der Waals surface area contributed by atoms with Crippen LogP contribution < -0.4 is 4.98 Å². The van der Waals surface area contributed by atoms with E-state index < -0.39 is 16.3 Å². The van der Waals surface area contributed by atoms with Crippen LogP contribution in [0.4, 0.5) is 0 Å². The van der Waals surface area contributed by atoms with E-state index in [2.05, 4.69) is 50.0 Å². The van der Waals surface area contributed by atoms with Gasteiger partial charge in [-0.05, 0) is 56.3 Å². The monoisotopic (exact) mass is 321 g/mol. The number of rotatable bonds is 4. The lowest BCUT2D eigenvalue weighted by Gasteiger charge is -2.58. The minimum Gasteiger partial charge on any atom is -0.414 e. The maximum Gasteiger partial charge on any atom is 0.143 e. The van der Waals surface area contributed by atoms with Gasteiger partial charge >= 0.3 is 0 Å². The van der Waals surface area contributed by atoms with Gasteiger partial charge in [0.05, 0.1) is 8.07 Å². The van der Waals surface area contributed by atoms with Crippen LogP contribution in [0.15, 0.2) is 11.4 Å². The lowest BCUT2D eigenvalue weighted by molar-refractivity contribution is -0.0324. The van der Waals surface area contributed by atoms with Gasteiger partial charge in [-0.3, -0.25) is 0 Å². The van der Waals surface area contributed by atoms with Gasteiger partial charge in [-0.1, -0.05) is 45.0 Å². The molecule has 0 aromatic rings.